The number of hydrogen-bond acceptors (Lipinski definition) is 3. The number of aromatic nitrogens is 2. The van der Waals surface area contributed by atoms with Crippen molar-refractivity contribution in [3.05, 3.63) is 59.9 Å². The maximum atomic E-state index is 12.9. The van der Waals surface area contributed by atoms with Crippen LogP contribution >= 0.6 is 0 Å². The van der Waals surface area contributed by atoms with Crippen molar-refractivity contribution in [2.45, 2.75) is 52.0 Å². The van der Waals surface area contributed by atoms with E-state index in [0.29, 0.717) is 13.0 Å². The SMILES string of the molecule is CCCCN(C)C(=O)Cn1c(C2CC(=O)N(c3ccc(CC)cc3)C2)nc2ccccc21. The van der Waals surface area contributed by atoms with Gasteiger partial charge in [-0.15, -0.1) is 0 Å². The van der Waals surface area contributed by atoms with Gasteiger partial charge in [-0.05, 0) is 42.7 Å². The van der Waals surface area contributed by atoms with Crippen molar-refractivity contribution >= 4 is 28.5 Å². The van der Waals surface area contributed by atoms with Crippen LogP contribution < -0.4 is 4.90 Å². The minimum Gasteiger partial charge on any atom is -0.344 e. The highest BCUT2D eigenvalue weighted by Crippen LogP contribution is 2.33. The van der Waals surface area contributed by atoms with Gasteiger partial charge in [0, 0.05) is 38.2 Å². The number of benzene rings is 2. The molecule has 2 amide bonds. The standard InChI is InChI=1S/C26H32N4O2/c1-4-6-15-28(3)25(32)18-30-23-10-8-7-9-22(23)27-26(30)20-16-24(31)29(17-20)21-13-11-19(5-2)12-14-21/h7-14,20H,4-6,15-18H2,1-3H3. The number of imidazole rings is 1. The van der Waals surface area contributed by atoms with Crippen LogP contribution in [-0.2, 0) is 22.6 Å². The van der Waals surface area contributed by atoms with E-state index in [1.165, 1.54) is 5.56 Å². The predicted molar refractivity (Wildman–Crippen MR) is 128 cm³/mol. The highest BCUT2D eigenvalue weighted by Gasteiger charge is 2.35. The van der Waals surface area contributed by atoms with E-state index in [-0.39, 0.29) is 24.3 Å². The number of nitrogens with zero attached hydrogens (tertiary/aromatic N) is 4. The van der Waals surface area contributed by atoms with Crippen molar-refractivity contribution in [1.29, 1.82) is 0 Å². The third-order valence-corrected chi connectivity index (χ3v) is 6.40. The van der Waals surface area contributed by atoms with Gasteiger partial charge in [0.05, 0.1) is 11.0 Å². The minimum atomic E-state index is -0.0468. The van der Waals surface area contributed by atoms with E-state index in [1.54, 1.807) is 4.90 Å². The second kappa shape index (κ2) is 9.55. The molecule has 0 bridgehead atoms. The van der Waals surface area contributed by atoms with Gasteiger partial charge in [0.15, 0.2) is 0 Å². The topological polar surface area (TPSA) is 58.4 Å². The number of carbonyl (C=O) groups is 2. The molecule has 4 rings (SSSR count). The Morgan fingerprint density at radius 3 is 2.59 bits per heavy atom. The zero-order chi connectivity index (χ0) is 22.7. The summed E-state index contributed by atoms with van der Waals surface area (Å²) in [5.41, 5.74) is 3.99. The maximum Gasteiger partial charge on any atom is 0.242 e. The summed E-state index contributed by atoms with van der Waals surface area (Å²) in [5, 5.41) is 0. The molecule has 1 unspecified atom stereocenters. The molecule has 6 nitrogen and oxygen atoms in total. The Morgan fingerprint density at radius 1 is 1.12 bits per heavy atom. The van der Waals surface area contributed by atoms with Gasteiger partial charge in [-0.2, -0.15) is 0 Å². The first-order valence-corrected chi connectivity index (χ1v) is 11.6. The van der Waals surface area contributed by atoms with Gasteiger partial charge in [-0.1, -0.05) is 44.5 Å². The second-order valence-corrected chi connectivity index (χ2v) is 8.64. The zero-order valence-electron chi connectivity index (χ0n) is 19.3. The van der Waals surface area contributed by atoms with Crippen LogP contribution in [-0.4, -0.2) is 46.4 Å². The fraction of sp³-hybridized carbons (Fsp3) is 0.423. The highest BCUT2D eigenvalue weighted by atomic mass is 16.2. The fourth-order valence-electron chi connectivity index (χ4n) is 4.39. The summed E-state index contributed by atoms with van der Waals surface area (Å²) in [7, 11) is 1.86. The van der Waals surface area contributed by atoms with Crippen molar-refractivity contribution in [2.75, 3.05) is 25.0 Å². The fourth-order valence-corrected chi connectivity index (χ4v) is 4.39. The van der Waals surface area contributed by atoms with Crippen LogP contribution in [0.1, 0.15) is 50.4 Å². The van der Waals surface area contributed by atoms with Crippen LogP contribution in [0.3, 0.4) is 0 Å². The molecule has 0 aliphatic carbocycles. The number of aryl methyl sites for hydroxylation is 1. The van der Waals surface area contributed by atoms with Crippen molar-refractivity contribution in [3.8, 4) is 0 Å². The van der Waals surface area contributed by atoms with Crippen LogP contribution in [0, 0.1) is 0 Å². The van der Waals surface area contributed by atoms with Gasteiger partial charge in [-0.3, -0.25) is 9.59 Å². The van der Waals surface area contributed by atoms with Gasteiger partial charge in [0.25, 0.3) is 0 Å². The van der Waals surface area contributed by atoms with Crippen LogP contribution in [0.2, 0.25) is 0 Å². The molecule has 1 aromatic heterocycles. The number of para-hydroxylation sites is 2. The summed E-state index contributed by atoms with van der Waals surface area (Å²) in [6.45, 7) is 5.82. The molecule has 6 heteroatoms. The summed E-state index contributed by atoms with van der Waals surface area (Å²) < 4.78 is 2.02. The molecule has 0 radical (unpaired) electrons. The average molecular weight is 433 g/mol. The second-order valence-electron chi connectivity index (χ2n) is 8.64. The molecule has 1 aliphatic heterocycles. The first kappa shape index (κ1) is 22.1. The lowest BCUT2D eigenvalue weighted by Gasteiger charge is -2.20. The Kier molecular flexibility index (Phi) is 6.58. The first-order valence-electron chi connectivity index (χ1n) is 11.6. The Bertz CT molecular complexity index is 1100. The molecule has 32 heavy (non-hydrogen) atoms. The van der Waals surface area contributed by atoms with Crippen molar-refractivity contribution < 1.29 is 9.59 Å². The Labute approximate surface area is 189 Å². The van der Waals surface area contributed by atoms with Crippen molar-refractivity contribution in [1.82, 2.24) is 14.5 Å². The molecule has 168 valence electrons. The van der Waals surface area contributed by atoms with Crippen molar-refractivity contribution in [2.24, 2.45) is 0 Å². The molecule has 0 saturated carbocycles. The molecule has 0 N–H and O–H groups in total. The summed E-state index contributed by atoms with van der Waals surface area (Å²) in [4.78, 5) is 34.4. The van der Waals surface area contributed by atoms with Crippen LogP contribution in [0.25, 0.3) is 11.0 Å². The molecule has 2 aromatic carbocycles. The van der Waals surface area contributed by atoms with Crippen LogP contribution in [0.15, 0.2) is 48.5 Å². The Morgan fingerprint density at radius 2 is 1.88 bits per heavy atom. The number of anilines is 1. The lowest BCUT2D eigenvalue weighted by Crippen LogP contribution is -2.32. The van der Waals surface area contributed by atoms with E-state index in [0.717, 1.165) is 48.4 Å². The number of unbranched alkanes of at least 4 members (excludes halogenated alkanes) is 1. The molecule has 1 aliphatic rings. The van der Waals surface area contributed by atoms with Gasteiger partial charge < -0.3 is 14.4 Å². The molecule has 1 fully saturated rings. The summed E-state index contributed by atoms with van der Waals surface area (Å²) in [6, 6.07) is 16.1. The summed E-state index contributed by atoms with van der Waals surface area (Å²) >= 11 is 0. The molecule has 1 saturated heterocycles. The average Bonchev–Trinajstić information content (AvgIpc) is 3.38. The molecule has 1 atom stereocenters. The monoisotopic (exact) mass is 432 g/mol. The number of carbonyl (C=O) groups excluding carboxylic acids is 2. The highest BCUT2D eigenvalue weighted by molar-refractivity contribution is 5.96. The van der Waals surface area contributed by atoms with Gasteiger partial charge in [-0.25, -0.2) is 4.98 Å². The van der Waals surface area contributed by atoms with E-state index in [9.17, 15) is 9.59 Å². The van der Waals surface area contributed by atoms with E-state index in [2.05, 4.69) is 26.0 Å². The summed E-state index contributed by atoms with van der Waals surface area (Å²) in [6.07, 6.45) is 3.42. The first-order chi connectivity index (χ1) is 15.5. The van der Waals surface area contributed by atoms with E-state index in [4.69, 9.17) is 4.98 Å². The third-order valence-electron chi connectivity index (χ3n) is 6.40. The predicted octanol–water partition coefficient (Wildman–Crippen LogP) is 4.38. The molecule has 3 aromatic rings. The van der Waals surface area contributed by atoms with Crippen molar-refractivity contribution in [3.63, 3.8) is 0 Å². The van der Waals surface area contributed by atoms with Crippen LogP contribution in [0.5, 0.6) is 0 Å². The number of hydrogen-bond donors (Lipinski definition) is 0. The summed E-state index contributed by atoms with van der Waals surface area (Å²) in [5.74, 6) is 0.947. The minimum absolute atomic E-state index is 0.0468. The van der Waals surface area contributed by atoms with Gasteiger partial charge in [0.2, 0.25) is 11.8 Å². The number of fused-ring (bicyclic) bond motifs is 1. The lowest BCUT2D eigenvalue weighted by molar-refractivity contribution is -0.130. The van der Waals surface area contributed by atoms with E-state index < -0.39 is 0 Å². The van der Waals surface area contributed by atoms with Crippen LogP contribution in [0.4, 0.5) is 5.69 Å². The number of likely N-dealkylation sites (N-methyl/N-ethyl adjacent to an activating group) is 1. The smallest absolute Gasteiger partial charge is 0.242 e. The lowest BCUT2D eigenvalue weighted by atomic mass is 10.1. The molecule has 0 spiro atoms. The molecular weight excluding hydrogens is 400 g/mol. The normalized spacial score (nSPS) is 16.2. The largest absolute Gasteiger partial charge is 0.344 e. The Balaban J connectivity index is 1.61. The quantitative estimate of drug-likeness (QED) is 0.531. The maximum absolute atomic E-state index is 12.9. The number of rotatable bonds is 8. The van der Waals surface area contributed by atoms with E-state index in [1.807, 2.05) is 52.9 Å². The zero-order valence-corrected chi connectivity index (χ0v) is 19.3. The third kappa shape index (κ3) is 4.40. The van der Waals surface area contributed by atoms with E-state index >= 15 is 0 Å². The number of amides is 2. The van der Waals surface area contributed by atoms with Gasteiger partial charge >= 0.3 is 0 Å². The molecular formula is C26H32N4O2. The Hall–Kier alpha value is -3.15. The molecule has 2 heterocycles. The van der Waals surface area contributed by atoms with Gasteiger partial charge in [0.1, 0.15) is 12.4 Å².